The molecule has 8 heteroatoms. The number of hydrogen-bond acceptors (Lipinski definition) is 8. The van der Waals surface area contributed by atoms with Crippen LogP contribution in [0, 0.1) is 5.92 Å². The molecule has 1 aliphatic rings. The zero-order chi connectivity index (χ0) is 14.5. The van der Waals surface area contributed by atoms with Crippen LogP contribution < -0.4 is 14.4 Å². The first-order valence-electron chi connectivity index (χ1n) is 6.34. The van der Waals surface area contributed by atoms with Crippen molar-refractivity contribution in [1.82, 2.24) is 15.0 Å². The summed E-state index contributed by atoms with van der Waals surface area (Å²) in [5.41, 5.74) is 0. The third kappa shape index (κ3) is 3.06. The van der Waals surface area contributed by atoms with Crippen LogP contribution in [-0.4, -0.2) is 55.3 Å². The van der Waals surface area contributed by atoms with Crippen molar-refractivity contribution in [2.24, 2.45) is 5.92 Å². The minimum atomic E-state index is -0.206. The molecule has 1 fully saturated rings. The van der Waals surface area contributed by atoms with Gasteiger partial charge in [0.05, 0.1) is 27.2 Å². The van der Waals surface area contributed by atoms with Gasteiger partial charge in [0.25, 0.3) is 0 Å². The molecule has 0 radical (unpaired) electrons. The fourth-order valence-electron chi connectivity index (χ4n) is 2.17. The molecule has 2 heterocycles. The van der Waals surface area contributed by atoms with Gasteiger partial charge in [0.1, 0.15) is 0 Å². The standard InChI is InChI=1S/C12H18N4O4/c1-18-9(17)8-5-4-6-16(7-8)10-13-11(19-2)15-12(14-10)20-3/h8H,4-7H2,1-3H3. The second-order valence-corrected chi connectivity index (χ2v) is 4.42. The number of esters is 1. The van der Waals surface area contributed by atoms with E-state index in [1.54, 1.807) is 0 Å². The predicted octanol–water partition coefficient (Wildman–Crippen LogP) is 0.278. The second kappa shape index (κ2) is 6.36. The van der Waals surface area contributed by atoms with Crippen LogP contribution in [0.1, 0.15) is 12.8 Å². The minimum absolute atomic E-state index is 0.164. The van der Waals surface area contributed by atoms with Crippen LogP contribution in [0.3, 0.4) is 0 Å². The third-order valence-electron chi connectivity index (χ3n) is 3.19. The van der Waals surface area contributed by atoms with E-state index in [4.69, 9.17) is 14.2 Å². The monoisotopic (exact) mass is 282 g/mol. The summed E-state index contributed by atoms with van der Waals surface area (Å²) in [5.74, 6) is 0.0764. The van der Waals surface area contributed by atoms with Crippen LogP contribution >= 0.6 is 0 Å². The van der Waals surface area contributed by atoms with Gasteiger partial charge in [-0.15, -0.1) is 4.98 Å². The Morgan fingerprint density at radius 2 is 1.80 bits per heavy atom. The Balaban J connectivity index is 2.19. The summed E-state index contributed by atoms with van der Waals surface area (Å²) in [5, 5.41) is 0. The van der Waals surface area contributed by atoms with Crippen molar-refractivity contribution in [1.29, 1.82) is 0 Å². The molecule has 0 saturated carbocycles. The topological polar surface area (TPSA) is 86.7 Å². The number of methoxy groups -OCH3 is 3. The van der Waals surface area contributed by atoms with Crippen molar-refractivity contribution in [2.45, 2.75) is 12.8 Å². The van der Waals surface area contributed by atoms with Gasteiger partial charge in [0.15, 0.2) is 0 Å². The molecule has 0 amide bonds. The zero-order valence-electron chi connectivity index (χ0n) is 11.8. The molecule has 1 atom stereocenters. The molecule has 2 rings (SSSR count). The number of carbonyl (C=O) groups excluding carboxylic acids is 1. The third-order valence-corrected chi connectivity index (χ3v) is 3.19. The van der Waals surface area contributed by atoms with Crippen molar-refractivity contribution in [2.75, 3.05) is 39.3 Å². The van der Waals surface area contributed by atoms with E-state index in [0.29, 0.717) is 12.5 Å². The van der Waals surface area contributed by atoms with E-state index in [0.717, 1.165) is 19.4 Å². The molecular formula is C12H18N4O4. The lowest BCUT2D eigenvalue weighted by molar-refractivity contribution is -0.145. The van der Waals surface area contributed by atoms with E-state index in [1.807, 2.05) is 4.90 Å². The largest absolute Gasteiger partial charge is 0.469 e. The van der Waals surface area contributed by atoms with E-state index in [-0.39, 0.29) is 23.9 Å². The SMILES string of the molecule is COC(=O)C1CCCN(c2nc(OC)nc(OC)n2)C1. The first kappa shape index (κ1) is 14.3. The van der Waals surface area contributed by atoms with Crippen LogP contribution in [0.2, 0.25) is 0 Å². The van der Waals surface area contributed by atoms with Crippen LogP contribution in [-0.2, 0) is 9.53 Å². The van der Waals surface area contributed by atoms with Gasteiger partial charge in [-0.05, 0) is 12.8 Å². The number of nitrogens with zero attached hydrogens (tertiary/aromatic N) is 4. The minimum Gasteiger partial charge on any atom is -0.469 e. The average Bonchev–Trinajstić information content (AvgIpc) is 2.53. The van der Waals surface area contributed by atoms with Crippen molar-refractivity contribution >= 4 is 11.9 Å². The molecule has 1 aliphatic heterocycles. The first-order valence-corrected chi connectivity index (χ1v) is 6.34. The number of carbonyl (C=O) groups is 1. The molecule has 0 aromatic carbocycles. The highest BCUT2D eigenvalue weighted by Crippen LogP contribution is 2.23. The number of aromatic nitrogens is 3. The van der Waals surface area contributed by atoms with E-state index in [2.05, 4.69) is 15.0 Å². The fourth-order valence-corrected chi connectivity index (χ4v) is 2.17. The maximum absolute atomic E-state index is 11.6. The van der Waals surface area contributed by atoms with Gasteiger partial charge in [-0.3, -0.25) is 4.79 Å². The Kier molecular flexibility index (Phi) is 4.54. The number of anilines is 1. The van der Waals surface area contributed by atoms with Crippen LogP contribution in [0.15, 0.2) is 0 Å². The Morgan fingerprint density at radius 3 is 2.35 bits per heavy atom. The Labute approximate surface area is 117 Å². The summed E-state index contributed by atoms with van der Waals surface area (Å²) in [6.45, 7) is 1.28. The number of rotatable bonds is 4. The summed E-state index contributed by atoms with van der Waals surface area (Å²) in [4.78, 5) is 25.9. The highest BCUT2D eigenvalue weighted by Gasteiger charge is 2.28. The quantitative estimate of drug-likeness (QED) is 0.728. The molecule has 1 aromatic rings. The summed E-state index contributed by atoms with van der Waals surface area (Å²) in [6.07, 6.45) is 1.68. The maximum Gasteiger partial charge on any atom is 0.324 e. The molecule has 110 valence electrons. The predicted molar refractivity (Wildman–Crippen MR) is 69.9 cm³/mol. The zero-order valence-corrected chi connectivity index (χ0v) is 11.8. The lowest BCUT2D eigenvalue weighted by atomic mass is 9.98. The normalized spacial score (nSPS) is 18.6. The van der Waals surface area contributed by atoms with Gasteiger partial charge < -0.3 is 19.1 Å². The van der Waals surface area contributed by atoms with Crippen molar-refractivity contribution < 1.29 is 19.0 Å². The van der Waals surface area contributed by atoms with Crippen molar-refractivity contribution in [3.05, 3.63) is 0 Å². The molecule has 20 heavy (non-hydrogen) atoms. The number of ether oxygens (including phenoxy) is 3. The van der Waals surface area contributed by atoms with Crippen LogP contribution in [0.5, 0.6) is 12.0 Å². The van der Waals surface area contributed by atoms with Crippen molar-refractivity contribution in [3.63, 3.8) is 0 Å². The smallest absolute Gasteiger partial charge is 0.324 e. The molecule has 0 N–H and O–H groups in total. The van der Waals surface area contributed by atoms with E-state index < -0.39 is 0 Å². The fraction of sp³-hybridized carbons (Fsp3) is 0.667. The van der Waals surface area contributed by atoms with Gasteiger partial charge in [-0.25, -0.2) is 0 Å². The highest BCUT2D eigenvalue weighted by molar-refractivity contribution is 5.73. The summed E-state index contributed by atoms with van der Waals surface area (Å²) >= 11 is 0. The van der Waals surface area contributed by atoms with Crippen LogP contribution in [0.4, 0.5) is 5.95 Å². The molecule has 8 nitrogen and oxygen atoms in total. The number of piperidine rings is 1. The molecule has 0 spiro atoms. The Hall–Kier alpha value is -2.12. The van der Waals surface area contributed by atoms with Gasteiger partial charge in [0.2, 0.25) is 5.95 Å². The van der Waals surface area contributed by atoms with Gasteiger partial charge in [-0.1, -0.05) is 0 Å². The Bertz CT molecular complexity index is 460. The molecule has 0 bridgehead atoms. The summed E-state index contributed by atoms with van der Waals surface area (Å²) in [6, 6.07) is 0.374. The van der Waals surface area contributed by atoms with E-state index >= 15 is 0 Å². The maximum atomic E-state index is 11.6. The Morgan fingerprint density at radius 1 is 1.15 bits per heavy atom. The molecule has 0 aliphatic carbocycles. The van der Waals surface area contributed by atoms with Crippen molar-refractivity contribution in [3.8, 4) is 12.0 Å². The first-order chi connectivity index (χ1) is 9.67. The summed E-state index contributed by atoms with van der Waals surface area (Å²) in [7, 11) is 4.36. The second-order valence-electron chi connectivity index (χ2n) is 4.42. The molecular weight excluding hydrogens is 264 g/mol. The van der Waals surface area contributed by atoms with Gasteiger partial charge >= 0.3 is 18.0 Å². The highest BCUT2D eigenvalue weighted by atomic mass is 16.5. The van der Waals surface area contributed by atoms with Gasteiger partial charge in [-0.2, -0.15) is 9.97 Å². The number of hydrogen-bond donors (Lipinski definition) is 0. The van der Waals surface area contributed by atoms with Gasteiger partial charge in [0, 0.05) is 13.1 Å². The molecule has 1 saturated heterocycles. The summed E-state index contributed by atoms with van der Waals surface area (Å²) < 4.78 is 14.8. The van der Waals surface area contributed by atoms with E-state index in [9.17, 15) is 4.79 Å². The molecule has 1 unspecified atom stereocenters. The lowest BCUT2D eigenvalue weighted by Gasteiger charge is -2.31. The van der Waals surface area contributed by atoms with E-state index in [1.165, 1.54) is 21.3 Å². The average molecular weight is 282 g/mol. The lowest BCUT2D eigenvalue weighted by Crippen LogP contribution is -2.40. The van der Waals surface area contributed by atoms with Crippen LogP contribution in [0.25, 0.3) is 0 Å². The molecule has 1 aromatic heterocycles.